The van der Waals surface area contributed by atoms with Crippen molar-refractivity contribution in [2.45, 2.75) is 6.10 Å². The van der Waals surface area contributed by atoms with Gasteiger partial charge in [0, 0.05) is 5.56 Å². The van der Waals surface area contributed by atoms with Crippen molar-refractivity contribution in [1.82, 2.24) is 4.98 Å². The second-order valence-corrected chi connectivity index (χ2v) is 5.28. The molecule has 2 N–H and O–H groups in total. The lowest BCUT2D eigenvalue weighted by molar-refractivity contribution is 0.0456. The summed E-state index contributed by atoms with van der Waals surface area (Å²) in [5, 5.41) is 9.32. The predicted octanol–water partition coefficient (Wildman–Crippen LogP) is 2.40. The number of nitrogens with two attached hydrogens (primary N) is 1. The maximum Gasteiger partial charge on any atom is 0.343 e. The van der Waals surface area contributed by atoms with E-state index in [0.29, 0.717) is 14.8 Å². The number of pyridine rings is 1. The molecule has 0 fully saturated rings. The van der Waals surface area contributed by atoms with Crippen molar-refractivity contribution in [1.29, 1.82) is 5.26 Å². The standard InChI is InChI=1S/C14H8IN3O2/c15-12-8(6-16)9-10(13(17)18-12)14(19)20-11(9)7-4-2-1-3-5-7/h1-5,11H,(H2,17,18). The average molecular weight is 377 g/mol. The highest BCUT2D eigenvalue weighted by Gasteiger charge is 2.38. The van der Waals surface area contributed by atoms with Gasteiger partial charge in [-0.05, 0) is 28.2 Å². The van der Waals surface area contributed by atoms with E-state index in [4.69, 9.17) is 10.5 Å². The Morgan fingerprint density at radius 2 is 2.05 bits per heavy atom. The van der Waals surface area contributed by atoms with Crippen molar-refractivity contribution in [3.05, 3.63) is 56.3 Å². The van der Waals surface area contributed by atoms with E-state index in [9.17, 15) is 10.1 Å². The molecule has 2 aromatic rings. The summed E-state index contributed by atoms with van der Waals surface area (Å²) >= 11 is 1.94. The fraction of sp³-hybridized carbons (Fsp3) is 0.0714. The molecule has 1 atom stereocenters. The number of rotatable bonds is 1. The van der Waals surface area contributed by atoms with Crippen molar-refractivity contribution in [2.75, 3.05) is 5.73 Å². The first-order valence-electron chi connectivity index (χ1n) is 5.78. The van der Waals surface area contributed by atoms with Crippen molar-refractivity contribution < 1.29 is 9.53 Å². The highest BCUT2D eigenvalue weighted by molar-refractivity contribution is 14.1. The zero-order valence-corrected chi connectivity index (χ0v) is 12.3. The van der Waals surface area contributed by atoms with Gasteiger partial charge in [0.05, 0.1) is 5.56 Å². The Kier molecular flexibility index (Phi) is 3.06. The fourth-order valence-electron chi connectivity index (χ4n) is 2.26. The molecule has 1 aliphatic rings. The average Bonchev–Trinajstić information content (AvgIpc) is 2.78. The number of cyclic esters (lactones) is 1. The van der Waals surface area contributed by atoms with Gasteiger partial charge in [0.15, 0.2) is 6.10 Å². The first kappa shape index (κ1) is 12.9. The Labute approximate surface area is 128 Å². The zero-order chi connectivity index (χ0) is 14.3. The SMILES string of the molecule is N#Cc1c(I)nc(N)c2c1C(c1ccccc1)OC2=O. The van der Waals surface area contributed by atoms with Crippen LogP contribution in [0.15, 0.2) is 30.3 Å². The molecule has 0 aliphatic carbocycles. The summed E-state index contributed by atoms with van der Waals surface area (Å²) in [7, 11) is 0. The third kappa shape index (κ3) is 1.82. The minimum atomic E-state index is -0.604. The van der Waals surface area contributed by atoms with Crippen LogP contribution in [0.4, 0.5) is 5.82 Å². The predicted molar refractivity (Wildman–Crippen MR) is 79.8 cm³/mol. The van der Waals surface area contributed by atoms with Crippen molar-refractivity contribution in [2.24, 2.45) is 0 Å². The van der Waals surface area contributed by atoms with E-state index in [1.807, 2.05) is 52.9 Å². The molecule has 1 aromatic carbocycles. The summed E-state index contributed by atoms with van der Waals surface area (Å²) in [4.78, 5) is 16.0. The minimum Gasteiger partial charge on any atom is -0.449 e. The van der Waals surface area contributed by atoms with Crippen LogP contribution >= 0.6 is 22.6 Å². The molecule has 0 spiro atoms. The van der Waals surface area contributed by atoms with Crippen molar-refractivity contribution in [3.8, 4) is 6.07 Å². The summed E-state index contributed by atoms with van der Waals surface area (Å²) in [5.41, 5.74) is 7.67. The van der Waals surface area contributed by atoms with Gasteiger partial charge >= 0.3 is 5.97 Å². The number of carbonyl (C=O) groups is 1. The Morgan fingerprint density at radius 3 is 2.70 bits per heavy atom. The highest BCUT2D eigenvalue weighted by Crippen LogP contribution is 2.40. The third-order valence-electron chi connectivity index (χ3n) is 3.13. The minimum absolute atomic E-state index is 0.104. The fourth-order valence-corrected chi connectivity index (χ4v) is 2.93. The lowest BCUT2D eigenvalue weighted by Gasteiger charge is -2.12. The normalized spacial score (nSPS) is 16.4. The Balaban J connectivity index is 2.29. The Bertz CT molecular complexity index is 753. The highest BCUT2D eigenvalue weighted by atomic mass is 127. The molecular formula is C14H8IN3O2. The van der Waals surface area contributed by atoms with E-state index in [1.54, 1.807) is 0 Å². The van der Waals surface area contributed by atoms with E-state index < -0.39 is 12.1 Å². The largest absolute Gasteiger partial charge is 0.449 e. The number of benzene rings is 1. The number of aromatic nitrogens is 1. The van der Waals surface area contributed by atoms with Gasteiger partial charge in [0.2, 0.25) is 0 Å². The number of halogens is 1. The van der Waals surface area contributed by atoms with Crippen LogP contribution in [0, 0.1) is 15.0 Å². The van der Waals surface area contributed by atoms with E-state index in [1.165, 1.54) is 0 Å². The first-order chi connectivity index (χ1) is 9.63. The van der Waals surface area contributed by atoms with Gasteiger partial charge in [0.1, 0.15) is 21.2 Å². The van der Waals surface area contributed by atoms with Crippen LogP contribution in [0.25, 0.3) is 0 Å². The summed E-state index contributed by atoms with van der Waals surface area (Å²) < 4.78 is 5.86. The van der Waals surface area contributed by atoms with Crippen LogP contribution in [0.2, 0.25) is 0 Å². The molecule has 0 amide bonds. The van der Waals surface area contributed by atoms with Gasteiger partial charge in [-0.3, -0.25) is 0 Å². The number of nitriles is 1. The number of fused-ring (bicyclic) bond motifs is 1. The zero-order valence-electron chi connectivity index (χ0n) is 10.1. The number of nitrogens with zero attached hydrogens (tertiary/aromatic N) is 2. The number of nitrogen functional groups attached to an aromatic ring is 1. The van der Waals surface area contributed by atoms with Gasteiger partial charge in [-0.1, -0.05) is 30.3 Å². The molecule has 5 nitrogen and oxygen atoms in total. The van der Waals surface area contributed by atoms with Gasteiger partial charge in [-0.15, -0.1) is 0 Å². The van der Waals surface area contributed by atoms with Gasteiger partial charge in [-0.2, -0.15) is 5.26 Å². The molecule has 1 aliphatic heterocycles. The number of hydrogen-bond acceptors (Lipinski definition) is 5. The van der Waals surface area contributed by atoms with E-state index in [0.717, 1.165) is 5.56 Å². The molecule has 98 valence electrons. The first-order valence-corrected chi connectivity index (χ1v) is 6.86. The van der Waals surface area contributed by atoms with Crippen LogP contribution < -0.4 is 5.73 Å². The summed E-state index contributed by atoms with van der Waals surface area (Å²) in [6.07, 6.45) is -0.604. The van der Waals surface area contributed by atoms with Crippen LogP contribution in [-0.4, -0.2) is 11.0 Å². The molecule has 3 rings (SSSR count). The molecule has 1 aromatic heterocycles. The smallest absolute Gasteiger partial charge is 0.343 e. The van der Waals surface area contributed by atoms with Crippen LogP contribution in [0.3, 0.4) is 0 Å². The van der Waals surface area contributed by atoms with Crippen LogP contribution in [0.1, 0.15) is 33.2 Å². The number of ether oxygens (including phenoxy) is 1. The number of hydrogen-bond donors (Lipinski definition) is 1. The maximum atomic E-state index is 12.0. The van der Waals surface area contributed by atoms with Crippen LogP contribution in [-0.2, 0) is 4.74 Å². The summed E-state index contributed by atoms with van der Waals surface area (Å²) in [6, 6.07) is 11.3. The van der Waals surface area contributed by atoms with Crippen LogP contribution in [0.5, 0.6) is 0 Å². The quantitative estimate of drug-likeness (QED) is 0.468. The van der Waals surface area contributed by atoms with Crippen molar-refractivity contribution >= 4 is 34.4 Å². The van der Waals surface area contributed by atoms with E-state index >= 15 is 0 Å². The number of anilines is 1. The Hall–Kier alpha value is -2.14. The second kappa shape index (κ2) is 4.76. The molecule has 20 heavy (non-hydrogen) atoms. The summed E-state index contributed by atoms with van der Waals surface area (Å²) in [5.74, 6) is -0.432. The topological polar surface area (TPSA) is 89.0 Å². The lowest BCUT2D eigenvalue weighted by atomic mass is 9.96. The molecule has 0 saturated carbocycles. The molecule has 0 bridgehead atoms. The van der Waals surface area contributed by atoms with Gasteiger partial charge in [-0.25, -0.2) is 9.78 Å². The Morgan fingerprint density at radius 1 is 1.35 bits per heavy atom. The molecular weight excluding hydrogens is 369 g/mol. The molecule has 1 unspecified atom stereocenters. The molecule has 0 saturated heterocycles. The van der Waals surface area contributed by atoms with E-state index in [-0.39, 0.29) is 11.4 Å². The molecule has 6 heteroatoms. The maximum absolute atomic E-state index is 12.0. The second-order valence-electron chi connectivity index (χ2n) is 4.26. The molecule has 2 heterocycles. The number of carbonyl (C=O) groups excluding carboxylic acids is 1. The van der Waals surface area contributed by atoms with Gasteiger partial charge in [0.25, 0.3) is 0 Å². The summed E-state index contributed by atoms with van der Waals surface area (Å²) in [6.45, 7) is 0. The lowest BCUT2D eigenvalue weighted by Crippen LogP contribution is -2.07. The monoisotopic (exact) mass is 377 g/mol. The van der Waals surface area contributed by atoms with E-state index in [2.05, 4.69) is 11.1 Å². The van der Waals surface area contributed by atoms with Crippen molar-refractivity contribution in [3.63, 3.8) is 0 Å². The van der Waals surface area contributed by atoms with Gasteiger partial charge < -0.3 is 10.5 Å². The number of esters is 1. The third-order valence-corrected chi connectivity index (χ3v) is 3.91. The molecule has 0 radical (unpaired) electrons.